The molecule has 0 spiro atoms. The molecule has 0 radical (unpaired) electrons. The van der Waals surface area contributed by atoms with E-state index in [-0.39, 0.29) is 5.92 Å². The lowest BCUT2D eigenvalue weighted by Crippen LogP contribution is -2.10. The van der Waals surface area contributed by atoms with Crippen LogP contribution in [0.3, 0.4) is 0 Å². The molecule has 0 N–H and O–H groups in total. The number of nitrogens with zero attached hydrogens (tertiary/aromatic N) is 1. The molecule has 1 aromatic carbocycles. The Morgan fingerprint density at radius 1 is 0.483 bits per heavy atom. The van der Waals surface area contributed by atoms with E-state index in [2.05, 4.69) is 17.1 Å². The van der Waals surface area contributed by atoms with Crippen LogP contribution in [-0.2, 0) is 51.2 Å². The van der Waals surface area contributed by atoms with E-state index in [0.717, 1.165) is 146 Å². The van der Waals surface area contributed by atoms with Crippen molar-refractivity contribution in [2.75, 3.05) is 0 Å². The Labute approximate surface area is 349 Å². The van der Waals surface area contributed by atoms with Gasteiger partial charge in [0.05, 0.1) is 0 Å². The summed E-state index contributed by atoms with van der Waals surface area (Å²) in [7, 11) is 0. The van der Waals surface area contributed by atoms with Crippen LogP contribution in [0.25, 0.3) is 0 Å². The minimum absolute atomic E-state index is 0.243. The molecular weight excluding hydrogens is 731 g/mol. The van der Waals surface area contributed by atoms with Crippen molar-refractivity contribution >= 4 is 56.5 Å². The van der Waals surface area contributed by atoms with Crippen LogP contribution in [-0.4, -0.2) is 56.5 Å². The van der Waals surface area contributed by atoms with Crippen LogP contribution in [0.5, 0.6) is 0 Å². The summed E-state index contributed by atoms with van der Waals surface area (Å²) in [6, 6.07) is 8.29. The Morgan fingerprint density at radius 3 is 1.09 bits per heavy atom. The minimum atomic E-state index is 0.243. The number of aldehydes is 8. The number of carbonyl (C=O) groups is 8. The van der Waals surface area contributed by atoms with Gasteiger partial charge in [-0.25, -0.2) is 0 Å². The van der Waals surface area contributed by atoms with Crippen LogP contribution < -0.4 is 0 Å². The molecule has 8 rings (SSSR count). The highest BCUT2D eigenvalue weighted by Gasteiger charge is 2.20. The third kappa shape index (κ3) is 26.8. The number of aliphatic imine (C=N–C) groups is 1. The number of hydrogen-bond acceptors (Lipinski definition) is 9. The summed E-state index contributed by atoms with van der Waals surface area (Å²) >= 11 is 0. The Kier molecular flexibility index (Phi) is 32.4. The molecule has 0 unspecified atom stereocenters. The van der Waals surface area contributed by atoms with Gasteiger partial charge in [0.2, 0.25) is 0 Å². The van der Waals surface area contributed by atoms with E-state index in [9.17, 15) is 38.4 Å². The first-order chi connectivity index (χ1) is 28.4. The molecule has 6 aliphatic carbocycles. The molecule has 1 aromatic rings. The maximum Gasteiger partial charge on any atom is 0.123 e. The summed E-state index contributed by atoms with van der Waals surface area (Å²) in [5.41, 5.74) is 3.76. The van der Waals surface area contributed by atoms with Crippen molar-refractivity contribution in [1.82, 2.24) is 0 Å². The smallest absolute Gasteiger partial charge is 0.123 e. The lowest BCUT2D eigenvalue weighted by molar-refractivity contribution is -0.113. The van der Waals surface area contributed by atoms with Gasteiger partial charge in [-0.2, -0.15) is 0 Å². The van der Waals surface area contributed by atoms with Gasteiger partial charge in [0.15, 0.2) is 0 Å². The molecule has 1 aliphatic heterocycles. The van der Waals surface area contributed by atoms with Crippen molar-refractivity contribution in [3.05, 3.63) is 47.2 Å². The van der Waals surface area contributed by atoms with E-state index in [1.165, 1.54) is 68.9 Å². The van der Waals surface area contributed by atoms with Crippen LogP contribution in [0.15, 0.2) is 41.0 Å². The van der Waals surface area contributed by atoms with Gasteiger partial charge in [-0.1, -0.05) is 95.1 Å². The largest absolute Gasteiger partial charge is 0.303 e. The van der Waals surface area contributed by atoms with E-state index >= 15 is 0 Å². The van der Waals surface area contributed by atoms with Gasteiger partial charge in [0, 0.05) is 66.7 Å². The van der Waals surface area contributed by atoms with Crippen LogP contribution in [0.2, 0.25) is 0 Å². The summed E-state index contributed by atoms with van der Waals surface area (Å²) in [6.07, 6.45) is 40.0. The summed E-state index contributed by atoms with van der Waals surface area (Å²) in [5, 5.41) is 0. The molecular formula is C49H73NO8. The monoisotopic (exact) mass is 804 g/mol. The summed E-state index contributed by atoms with van der Waals surface area (Å²) in [5.74, 6) is 2.36. The van der Waals surface area contributed by atoms with Crippen LogP contribution in [0.4, 0.5) is 0 Å². The molecule has 0 atom stereocenters. The van der Waals surface area contributed by atoms with Gasteiger partial charge in [0.1, 0.15) is 50.3 Å². The lowest BCUT2D eigenvalue weighted by atomic mass is 9.87. The molecule has 0 amide bonds. The minimum Gasteiger partial charge on any atom is -0.303 e. The standard InChI is InChI=1S/C10H10O.C7H9NO.2C7H12O.C6H10O.C5H8O.C4H6O.C3H6O/c11-7-8-5-9-3-1-2-4-10(9)6-8;9-6-2-4-7-3-1-5-8-7;2*8-6-7-4-2-1-3-5-7;7-5-6-3-1-2-4-6;6-4-5-2-1-3-5;5-3-4-1-2-4;1-2-3-4/h1-4,7-8H,5-6H2;3,5-6H,1-2,4H2;2*6-7H,1-5H2;5-6H,1-4H2;4-5H,1-3H2;3-4H,1-2H2;3H,2H2,1H3. The zero-order chi connectivity index (χ0) is 42.5. The molecule has 322 valence electrons. The van der Waals surface area contributed by atoms with Crippen molar-refractivity contribution in [3.8, 4) is 0 Å². The van der Waals surface area contributed by atoms with Gasteiger partial charge in [-0.05, 0) is 94.6 Å². The zero-order valence-electron chi connectivity index (χ0n) is 35.4. The molecule has 5 saturated carbocycles. The highest BCUT2D eigenvalue weighted by molar-refractivity contribution is 5.65. The second-order valence-electron chi connectivity index (χ2n) is 16.1. The van der Waals surface area contributed by atoms with Crippen LogP contribution in [0.1, 0.15) is 166 Å². The predicted molar refractivity (Wildman–Crippen MR) is 232 cm³/mol. The quantitative estimate of drug-likeness (QED) is 0.212. The zero-order valence-corrected chi connectivity index (χ0v) is 35.4. The number of carbonyl (C=O) groups excluding carboxylic acids is 8. The van der Waals surface area contributed by atoms with E-state index in [0.29, 0.717) is 42.4 Å². The van der Waals surface area contributed by atoms with Crippen LogP contribution in [0, 0.1) is 35.5 Å². The Morgan fingerprint density at radius 2 is 0.845 bits per heavy atom. The number of hydrogen-bond donors (Lipinski definition) is 0. The number of rotatable bonds is 10. The molecule has 9 heteroatoms. The first-order valence-corrected chi connectivity index (χ1v) is 22.3. The molecule has 0 aromatic heterocycles. The van der Waals surface area contributed by atoms with E-state index in [1.807, 2.05) is 31.3 Å². The van der Waals surface area contributed by atoms with E-state index in [1.54, 1.807) is 0 Å². The molecule has 0 saturated heterocycles. The SMILES string of the molecule is CCC=O.O=CC1CC1.O=CC1CCC1.O=CC1CCCC1.O=CC1CCCCC1.O=CC1CCCCC1.O=CC1Cc2ccccc2C1.O=CCCC1=CCC=N1. The lowest BCUT2D eigenvalue weighted by Gasteiger charge is -2.17. The number of benzene rings is 1. The summed E-state index contributed by atoms with van der Waals surface area (Å²) in [4.78, 5) is 83.3. The average molecular weight is 804 g/mol. The molecule has 1 heterocycles. The van der Waals surface area contributed by atoms with Crippen molar-refractivity contribution in [3.63, 3.8) is 0 Å². The van der Waals surface area contributed by atoms with Crippen molar-refractivity contribution in [1.29, 1.82) is 0 Å². The highest BCUT2D eigenvalue weighted by Crippen LogP contribution is 2.26. The third-order valence-corrected chi connectivity index (χ3v) is 11.1. The Hall–Kier alpha value is -4.01. The molecule has 58 heavy (non-hydrogen) atoms. The first-order valence-electron chi connectivity index (χ1n) is 22.3. The number of allylic oxidation sites excluding steroid dienone is 2. The number of fused-ring (bicyclic) bond motifs is 1. The van der Waals surface area contributed by atoms with Gasteiger partial charge in [-0.3, -0.25) is 4.99 Å². The second kappa shape index (κ2) is 36.1. The molecule has 9 nitrogen and oxygen atoms in total. The Balaban J connectivity index is 0.000000337. The third-order valence-electron chi connectivity index (χ3n) is 11.1. The van der Waals surface area contributed by atoms with Crippen LogP contribution >= 0.6 is 0 Å². The summed E-state index contributed by atoms with van der Waals surface area (Å²) < 4.78 is 0. The predicted octanol–water partition coefficient (Wildman–Crippen LogP) is 10.0. The van der Waals surface area contributed by atoms with Crippen molar-refractivity contribution < 1.29 is 38.4 Å². The maximum atomic E-state index is 10.5. The molecule has 5 fully saturated rings. The van der Waals surface area contributed by atoms with Gasteiger partial charge >= 0.3 is 0 Å². The van der Waals surface area contributed by atoms with Crippen molar-refractivity contribution in [2.24, 2.45) is 40.5 Å². The fraction of sp³-hybridized carbons (Fsp3) is 0.653. The summed E-state index contributed by atoms with van der Waals surface area (Å²) in [6.45, 7) is 1.81. The Bertz CT molecular complexity index is 1280. The topological polar surface area (TPSA) is 149 Å². The van der Waals surface area contributed by atoms with Gasteiger partial charge in [0.25, 0.3) is 0 Å². The van der Waals surface area contributed by atoms with E-state index < -0.39 is 0 Å². The fourth-order valence-electron chi connectivity index (χ4n) is 6.92. The highest BCUT2D eigenvalue weighted by atomic mass is 16.1. The maximum absolute atomic E-state index is 10.5. The van der Waals surface area contributed by atoms with Gasteiger partial charge < -0.3 is 38.4 Å². The normalized spacial score (nSPS) is 19.4. The average Bonchev–Trinajstić information content (AvgIpc) is 3.60. The van der Waals surface area contributed by atoms with E-state index in [4.69, 9.17) is 0 Å². The first kappa shape index (κ1) is 52.0. The van der Waals surface area contributed by atoms with Crippen molar-refractivity contribution in [2.45, 2.75) is 167 Å². The fourth-order valence-corrected chi connectivity index (χ4v) is 6.92. The molecule has 7 aliphatic rings. The second-order valence-corrected chi connectivity index (χ2v) is 16.1. The van der Waals surface area contributed by atoms with Gasteiger partial charge in [-0.15, -0.1) is 0 Å². The molecule has 0 bridgehead atoms.